The van der Waals surface area contributed by atoms with Crippen LogP contribution in [0.3, 0.4) is 0 Å². The summed E-state index contributed by atoms with van der Waals surface area (Å²) in [5.41, 5.74) is 4.88. The Hall–Kier alpha value is -0.610. The monoisotopic (exact) mass is 270 g/mol. The van der Waals surface area contributed by atoms with E-state index >= 15 is 0 Å². The van der Waals surface area contributed by atoms with Crippen LogP contribution < -0.4 is 5.73 Å². The summed E-state index contributed by atoms with van der Waals surface area (Å²) in [6, 6.07) is 0.592. The average Bonchev–Trinajstić information content (AvgIpc) is 2.34. The number of carbonyl (C=O) groups is 1. The number of carboxylic acids is 1. The van der Waals surface area contributed by atoms with Crippen molar-refractivity contribution in [3.8, 4) is 0 Å². The number of carboxylic acid groups (broad SMARTS) is 1. The normalized spacial score (nSPS) is 31.9. The molecular weight excluding hydrogens is 240 g/mol. The van der Waals surface area contributed by atoms with E-state index in [1.807, 2.05) is 6.92 Å². The fourth-order valence-corrected chi connectivity index (χ4v) is 3.16. The van der Waals surface area contributed by atoms with Gasteiger partial charge in [-0.25, -0.2) is 0 Å². The van der Waals surface area contributed by atoms with Gasteiger partial charge in [-0.2, -0.15) is 0 Å². The van der Waals surface area contributed by atoms with Gasteiger partial charge in [-0.05, 0) is 51.0 Å². The van der Waals surface area contributed by atoms with Crippen LogP contribution in [-0.4, -0.2) is 40.6 Å². The van der Waals surface area contributed by atoms with Gasteiger partial charge in [0.1, 0.15) is 5.54 Å². The van der Waals surface area contributed by atoms with Crippen molar-refractivity contribution in [2.24, 2.45) is 17.6 Å². The number of likely N-dealkylation sites (tertiary alicyclic amines) is 1. The Labute approximate surface area is 117 Å². The van der Waals surface area contributed by atoms with Gasteiger partial charge in [0.05, 0.1) is 0 Å². The zero-order chi connectivity index (χ0) is 14.6. The maximum atomic E-state index is 11.2. The van der Waals surface area contributed by atoms with Crippen LogP contribution in [0.2, 0.25) is 0 Å². The maximum Gasteiger partial charge on any atom is 0.323 e. The molecule has 0 amide bonds. The van der Waals surface area contributed by atoms with Crippen LogP contribution >= 0.6 is 0 Å². The highest BCUT2D eigenvalue weighted by molar-refractivity contribution is 5.78. The zero-order valence-electron chi connectivity index (χ0n) is 12.9. The second-order valence-electron chi connectivity index (χ2n) is 6.47. The van der Waals surface area contributed by atoms with E-state index in [9.17, 15) is 4.79 Å². The minimum atomic E-state index is -1.05. The maximum absolute atomic E-state index is 11.2. The summed E-state index contributed by atoms with van der Waals surface area (Å²) in [5.74, 6) is 0.583. The average molecular weight is 270 g/mol. The summed E-state index contributed by atoms with van der Waals surface area (Å²) < 4.78 is 0. The van der Waals surface area contributed by atoms with E-state index in [0.717, 1.165) is 31.3 Å². The van der Waals surface area contributed by atoms with Crippen LogP contribution in [0.25, 0.3) is 0 Å². The number of rotatable bonds is 6. The molecule has 4 heteroatoms. The molecule has 0 aromatic heterocycles. The Morgan fingerprint density at radius 2 is 2.05 bits per heavy atom. The molecule has 1 rings (SSSR count). The van der Waals surface area contributed by atoms with Gasteiger partial charge < -0.3 is 15.7 Å². The lowest BCUT2D eigenvalue weighted by Gasteiger charge is -2.41. The molecule has 1 aliphatic heterocycles. The highest BCUT2D eigenvalue weighted by atomic mass is 16.4. The Bertz CT molecular complexity index is 309. The van der Waals surface area contributed by atoms with E-state index in [2.05, 4.69) is 25.7 Å². The molecule has 4 nitrogen and oxygen atoms in total. The van der Waals surface area contributed by atoms with Crippen LogP contribution in [-0.2, 0) is 4.79 Å². The van der Waals surface area contributed by atoms with Gasteiger partial charge in [-0.3, -0.25) is 4.79 Å². The lowest BCUT2D eigenvalue weighted by molar-refractivity contribution is -0.143. The largest absolute Gasteiger partial charge is 0.480 e. The first kappa shape index (κ1) is 16.4. The minimum absolute atomic E-state index is 0.491. The molecule has 19 heavy (non-hydrogen) atoms. The molecule has 112 valence electrons. The van der Waals surface area contributed by atoms with Crippen molar-refractivity contribution < 1.29 is 9.90 Å². The van der Waals surface area contributed by atoms with E-state index in [1.54, 1.807) is 0 Å². The molecule has 1 heterocycles. The molecule has 4 unspecified atom stereocenters. The number of piperidine rings is 1. The molecule has 1 fully saturated rings. The van der Waals surface area contributed by atoms with Crippen LogP contribution in [0, 0.1) is 11.8 Å². The number of aliphatic carboxylic acids is 1. The fraction of sp³-hybridized carbons (Fsp3) is 0.933. The third-order valence-electron chi connectivity index (χ3n) is 4.84. The molecule has 1 saturated heterocycles. The lowest BCUT2D eigenvalue weighted by atomic mass is 9.85. The summed E-state index contributed by atoms with van der Waals surface area (Å²) in [6.45, 7) is 10.8. The van der Waals surface area contributed by atoms with E-state index in [4.69, 9.17) is 10.8 Å². The molecule has 0 aromatic rings. The highest BCUT2D eigenvalue weighted by Gasteiger charge is 2.33. The molecule has 0 radical (unpaired) electrons. The quantitative estimate of drug-likeness (QED) is 0.777. The van der Waals surface area contributed by atoms with Crippen LogP contribution in [0.15, 0.2) is 0 Å². The molecular formula is C15H30N2O2. The molecule has 3 N–H and O–H groups in total. The van der Waals surface area contributed by atoms with E-state index < -0.39 is 11.5 Å². The molecule has 1 aliphatic rings. The molecule has 0 aromatic carbocycles. The van der Waals surface area contributed by atoms with Crippen molar-refractivity contribution in [2.45, 2.75) is 65.0 Å². The fourth-order valence-electron chi connectivity index (χ4n) is 3.16. The van der Waals surface area contributed by atoms with Gasteiger partial charge in [0.15, 0.2) is 0 Å². The van der Waals surface area contributed by atoms with Gasteiger partial charge in [-0.15, -0.1) is 0 Å². The Morgan fingerprint density at radius 1 is 1.42 bits per heavy atom. The second kappa shape index (κ2) is 6.71. The SMILES string of the molecule is CCC(N)(CCCN1CC(C)CC(C)C1C)C(=O)O. The summed E-state index contributed by atoms with van der Waals surface area (Å²) in [7, 11) is 0. The number of nitrogens with two attached hydrogens (primary N) is 1. The third-order valence-corrected chi connectivity index (χ3v) is 4.84. The first-order valence-electron chi connectivity index (χ1n) is 7.56. The van der Waals surface area contributed by atoms with Crippen molar-refractivity contribution >= 4 is 5.97 Å². The van der Waals surface area contributed by atoms with Gasteiger partial charge in [0.2, 0.25) is 0 Å². The van der Waals surface area contributed by atoms with Gasteiger partial charge in [0.25, 0.3) is 0 Å². The minimum Gasteiger partial charge on any atom is -0.480 e. The Kier molecular flexibility index (Phi) is 5.81. The summed E-state index contributed by atoms with van der Waals surface area (Å²) >= 11 is 0. The third kappa shape index (κ3) is 4.18. The summed E-state index contributed by atoms with van der Waals surface area (Å²) in [4.78, 5) is 13.7. The Balaban J connectivity index is 2.45. The predicted octanol–water partition coefficient (Wildman–Crippen LogP) is 2.33. The van der Waals surface area contributed by atoms with Crippen molar-refractivity contribution in [2.75, 3.05) is 13.1 Å². The molecule has 4 atom stereocenters. The topological polar surface area (TPSA) is 66.6 Å². The summed E-state index contributed by atoms with van der Waals surface area (Å²) in [6.07, 6.45) is 3.21. The van der Waals surface area contributed by atoms with E-state index in [1.165, 1.54) is 6.42 Å². The summed E-state index contributed by atoms with van der Waals surface area (Å²) in [5, 5.41) is 9.17. The second-order valence-corrected chi connectivity index (χ2v) is 6.47. The predicted molar refractivity (Wildman–Crippen MR) is 78.1 cm³/mol. The van der Waals surface area contributed by atoms with Crippen molar-refractivity contribution in [1.29, 1.82) is 0 Å². The van der Waals surface area contributed by atoms with Gasteiger partial charge in [0, 0.05) is 12.6 Å². The number of hydrogen-bond acceptors (Lipinski definition) is 3. The van der Waals surface area contributed by atoms with Crippen molar-refractivity contribution in [1.82, 2.24) is 4.90 Å². The first-order chi connectivity index (χ1) is 8.80. The first-order valence-corrected chi connectivity index (χ1v) is 7.56. The lowest BCUT2D eigenvalue weighted by Crippen LogP contribution is -2.49. The van der Waals surface area contributed by atoms with Crippen molar-refractivity contribution in [3.63, 3.8) is 0 Å². The molecule has 0 spiro atoms. The molecule has 0 bridgehead atoms. The zero-order valence-corrected chi connectivity index (χ0v) is 12.9. The van der Waals surface area contributed by atoms with Crippen LogP contribution in [0.1, 0.15) is 53.4 Å². The molecule has 0 saturated carbocycles. The Morgan fingerprint density at radius 3 is 2.58 bits per heavy atom. The number of hydrogen-bond donors (Lipinski definition) is 2. The molecule has 0 aliphatic carbocycles. The highest BCUT2D eigenvalue weighted by Crippen LogP contribution is 2.27. The van der Waals surface area contributed by atoms with Gasteiger partial charge in [-0.1, -0.05) is 20.8 Å². The standard InChI is InChI=1S/C15H30N2O2/c1-5-15(16,14(18)19)7-6-8-17-10-11(2)9-12(3)13(17)4/h11-13H,5-10,16H2,1-4H3,(H,18,19). The van der Waals surface area contributed by atoms with Gasteiger partial charge >= 0.3 is 5.97 Å². The number of nitrogens with zero attached hydrogens (tertiary/aromatic N) is 1. The van der Waals surface area contributed by atoms with Crippen LogP contribution in [0.5, 0.6) is 0 Å². The smallest absolute Gasteiger partial charge is 0.323 e. The van der Waals surface area contributed by atoms with Crippen LogP contribution in [0.4, 0.5) is 0 Å². The van der Waals surface area contributed by atoms with E-state index in [0.29, 0.717) is 18.9 Å². The van der Waals surface area contributed by atoms with E-state index in [-0.39, 0.29) is 0 Å². The van der Waals surface area contributed by atoms with Crippen molar-refractivity contribution in [3.05, 3.63) is 0 Å².